The van der Waals surface area contributed by atoms with Crippen LogP contribution in [0.3, 0.4) is 0 Å². The molecule has 0 saturated carbocycles. The van der Waals surface area contributed by atoms with E-state index in [1.54, 1.807) is 0 Å². The molecule has 0 atom stereocenters. The molecule has 0 aliphatic carbocycles. The van der Waals surface area contributed by atoms with Crippen molar-refractivity contribution in [1.82, 2.24) is 0 Å². The van der Waals surface area contributed by atoms with E-state index < -0.39 is 17.4 Å². The standard InChI is InChI=1S/C2HClF2.C2F4/c3-2(5)1-4;3-1(4)2(5)6/h1H;. The summed E-state index contributed by atoms with van der Waals surface area (Å²) >= 11 is 4.28. The van der Waals surface area contributed by atoms with Gasteiger partial charge in [-0.2, -0.15) is 22.0 Å². The average Bonchev–Trinajstić information content (AvgIpc) is 1.89. The summed E-state index contributed by atoms with van der Waals surface area (Å²) in [5.74, 6) is 0. The second-order valence-electron chi connectivity index (χ2n) is 0.920. The number of halogens is 7. The number of hydrogen-bond donors (Lipinski definition) is 0. The van der Waals surface area contributed by atoms with Crippen molar-refractivity contribution in [2.45, 2.75) is 0 Å². The molecule has 0 nitrogen and oxygen atoms in total. The lowest BCUT2D eigenvalue weighted by molar-refractivity contribution is 0.308. The molecule has 0 aliphatic rings. The van der Waals surface area contributed by atoms with Gasteiger partial charge in [-0.05, 0) is 11.6 Å². The van der Waals surface area contributed by atoms with Crippen LogP contribution in [-0.4, -0.2) is 0 Å². The van der Waals surface area contributed by atoms with E-state index in [-0.39, 0.29) is 6.33 Å². The van der Waals surface area contributed by atoms with Crippen molar-refractivity contribution < 1.29 is 26.3 Å². The summed E-state index contributed by atoms with van der Waals surface area (Å²) in [5.41, 5.74) is 0. The van der Waals surface area contributed by atoms with Crippen LogP contribution in [0.5, 0.6) is 0 Å². The highest BCUT2D eigenvalue weighted by Gasteiger charge is 1.98. The van der Waals surface area contributed by atoms with E-state index in [4.69, 9.17) is 0 Å². The summed E-state index contributed by atoms with van der Waals surface area (Å²) in [5, 5.41) is -1.31. The summed E-state index contributed by atoms with van der Waals surface area (Å²) in [7, 11) is 0. The molecule has 66 valence electrons. The molecular formula is C4HClF6. The van der Waals surface area contributed by atoms with Crippen LogP contribution in [0.1, 0.15) is 0 Å². The van der Waals surface area contributed by atoms with E-state index in [0.717, 1.165) is 0 Å². The summed E-state index contributed by atoms with van der Waals surface area (Å²) in [6.45, 7) is 0. The normalized spacial score (nSPS) is 9.91. The number of hydrogen-bond acceptors (Lipinski definition) is 0. The molecule has 7 heteroatoms. The predicted octanol–water partition coefficient (Wildman–Crippen LogP) is 3.95. The Hall–Kier alpha value is -0.650. The van der Waals surface area contributed by atoms with Gasteiger partial charge in [0.1, 0.15) is 6.33 Å². The van der Waals surface area contributed by atoms with Crippen molar-refractivity contribution in [2.24, 2.45) is 0 Å². The van der Waals surface area contributed by atoms with Crippen molar-refractivity contribution in [2.75, 3.05) is 0 Å². The lowest BCUT2D eigenvalue weighted by Gasteiger charge is -1.69. The fourth-order valence-electron chi connectivity index (χ4n) is 0. The molecule has 0 bridgehead atoms. The van der Waals surface area contributed by atoms with Gasteiger partial charge in [0.15, 0.2) is 0 Å². The molecule has 0 aliphatic heterocycles. The predicted molar refractivity (Wildman–Crippen MR) is 27.6 cm³/mol. The third-order valence-corrected chi connectivity index (χ3v) is 0.308. The molecule has 0 aromatic rings. The molecule has 11 heavy (non-hydrogen) atoms. The van der Waals surface area contributed by atoms with Gasteiger partial charge >= 0.3 is 12.2 Å². The van der Waals surface area contributed by atoms with Gasteiger partial charge in [0.05, 0.1) is 0 Å². The van der Waals surface area contributed by atoms with Crippen molar-refractivity contribution in [3.63, 3.8) is 0 Å². The largest absolute Gasteiger partial charge is 0.334 e. The quantitative estimate of drug-likeness (QED) is 0.517. The lowest BCUT2D eigenvalue weighted by atomic mass is 11.1. The van der Waals surface area contributed by atoms with Gasteiger partial charge < -0.3 is 0 Å². The zero-order chi connectivity index (χ0) is 9.44. The van der Waals surface area contributed by atoms with Gasteiger partial charge in [-0.3, -0.25) is 0 Å². The molecule has 0 aromatic carbocycles. The lowest BCUT2D eigenvalue weighted by Crippen LogP contribution is -1.56. The average molecular weight is 198 g/mol. The SMILES string of the molecule is FC(F)=C(F)F.FC=C(F)Cl. The molecule has 0 N–H and O–H groups in total. The molecule has 0 radical (unpaired) electrons. The zero-order valence-corrected chi connectivity index (χ0v) is 5.48. The Kier molecular flexibility index (Phi) is 8.80. The maximum absolute atomic E-state index is 10.7. The van der Waals surface area contributed by atoms with Gasteiger partial charge in [0.25, 0.3) is 0 Å². The molecule has 0 rings (SSSR count). The fourth-order valence-corrected chi connectivity index (χ4v) is 0. The van der Waals surface area contributed by atoms with Crippen LogP contribution in [0.4, 0.5) is 26.3 Å². The Morgan fingerprint density at radius 2 is 1.09 bits per heavy atom. The van der Waals surface area contributed by atoms with E-state index in [0.29, 0.717) is 0 Å². The Morgan fingerprint density at radius 1 is 0.909 bits per heavy atom. The van der Waals surface area contributed by atoms with Gasteiger partial charge in [-0.1, -0.05) is 0 Å². The molecule has 0 unspecified atom stereocenters. The topological polar surface area (TPSA) is 0 Å². The van der Waals surface area contributed by atoms with Crippen molar-refractivity contribution in [3.05, 3.63) is 23.8 Å². The Balaban J connectivity index is 0. The summed E-state index contributed by atoms with van der Waals surface area (Å²) in [6, 6.07) is 0. The first-order valence-electron chi connectivity index (χ1n) is 1.89. The monoisotopic (exact) mass is 198 g/mol. The summed E-state index contributed by atoms with van der Waals surface area (Å²) in [4.78, 5) is 0. The van der Waals surface area contributed by atoms with Gasteiger partial charge in [0.2, 0.25) is 5.29 Å². The summed E-state index contributed by atoms with van der Waals surface area (Å²) in [6.07, 6.45) is -6.13. The minimum Gasteiger partial charge on any atom is -0.211 e. The molecule has 0 heterocycles. The van der Waals surface area contributed by atoms with Crippen molar-refractivity contribution >= 4 is 11.6 Å². The maximum atomic E-state index is 10.7. The van der Waals surface area contributed by atoms with E-state index >= 15 is 0 Å². The second-order valence-corrected chi connectivity index (χ2v) is 1.28. The van der Waals surface area contributed by atoms with Crippen LogP contribution in [0.15, 0.2) is 23.8 Å². The van der Waals surface area contributed by atoms with Gasteiger partial charge in [-0.25, -0.2) is 4.39 Å². The third-order valence-electron chi connectivity index (χ3n) is 0.225. The number of rotatable bonds is 0. The molecule has 0 fully saturated rings. The maximum Gasteiger partial charge on any atom is 0.334 e. The third kappa shape index (κ3) is 17.6. The van der Waals surface area contributed by atoms with Crippen LogP contribution in [-0.2, 0) is 0 Å². The second kappa shape index (κ2) is 7.46. The first-order chi connectivity index (χ1) is 4.91. The Morgan fingerprint density at radius 3 is 1.09 bits per heavy atom. The Labute approximate surface area is 62.8 Å². The van der Waals surface area contributed by atoms with Crippen LogP contribution in [0, 0.1) is 0 Å². The Bertz CT molecular complexity index is 140. The van der Waals surface area contributed by atoms with E-state index in [1.807, 2.05) is 0 Å². The minimum absolute atomic E-state index is 0.318. The highest BCUT2D eigenvalue weighted by molar-refractivity contribution is 6.27. The van der Waals surface area contributed by atoms with Gasteiger partial charge in [0, 0.05) is 0 Å². The minimum atomic E-state index is -2.91. The highest BCUT2D eigenvalue weighted by atomic mass is 35.5. The van der Waals surface area contributed by atoms with E-state index in [9.17, 15) is 26.3 Å². The first-order valence-corrected chi connectivity index (χ1v) is 2.27. The first kappa shape index (κ1) is 13.0. The van der Waals surface area contributed by atoms with E-state index in [2.05, 4.69) is 11.6 Å². The molecular weight excluding hydrogens is 197 g/mol. The smallest absolute Gasteiger partial charge is 0.211 e. The van der Waals surface area contributed by atoms with Crippen LogP contribution >= 0.6 is 11.6 Å². The molecule has 0 aromatic heterocycles. The van der Waals surface area contributed by atoms with Crippen molar-refractivity contribution in [1.29, 1.82) is 0 Å². The van der Waals surface area contributed by atoms with Gasteiger partial charge in [-0.15, -0.1) is 0 Å². The zero-order valence-electron chi connectivity index (χ0n) is 4.72. The molecule has 0 spiro atoms. The van der Waals surface area contributed by atoms with Crippen LogP contribution < -0.4 is 0 Å². The summed E-state index contributed by atoms with van der Waals surface area (Å²) < 4.78 is 62.3. The van der Waals surface area contributed by atoms with Crippen LogP contribution in [0.2, 0.25) is 0 Å². The van der Waals surface area contributed by atoms with Crippen molar-refractivity contribution in [3.8, 4) is 0 Å². The molecule has 0 amide bonds. The van der Waals surface area contributed by atoms with E-state index in [1.165, 1.54) is 0 Å². The fraction of sp³-hybridized carbons (Fsp3) is 0. The highest BCUT2D eigenvalue weighted by Crippen LogP contribution is 2.08. The van der Waals surface area contributed by atoms with Crippen LogP contribution in [0.25, 0.3) is 0 Å². The molecule has 0 saturated heterocycles.